The highest BCUT2D eigenvalue weighted by Crippen LogP contribution is 2.31. The quantitative estimate of drug-likeness (QED) is 0.758. The van der Waals surface area contributed by atoms with Crippen molar-refractivity contribution in [3.8, 4) is 0 Å². The highest BCUT2D eigenvalue weighted by atomic mass is 16.5. The van der Waals surface area contributed by atoms with Gasteiger partial charge in [0.25, 0.3) is 0 Å². The van der Waals surface area contributed by atoms with E-state index >= 15 is 0 Å². The highest BCUT2D eigenvalue weighted by molar-refractivity contribution is 4.85. The second kappa shape index (κ2) is 5.86. The molecule has 1 fully saturated rings. The summed E-state index contributed by atoms with van der Waals surface area (Å²) in [5.41, 5.74) is 0.0875. The molecule has 15 heavy (non-hydrogen) atoms. The van der Waals surface area contributed by atoms with Gasteiger partial charge in [0.15, 0.2) is 0 Å². The van der Waals surface area contributed by atoms with E-state index in [-0.39, 0.29) is 5.60 Å². The first kappa shape index (κ1) is 13.0. The maximum atomic E-state index is 5.77. The van der Waals surface area contributed by atoms with Gasteiger partial charge in [0, 0.05) is 12.6 Å². The van der Waals surface area contributed by atoms with Crippen molar-refractivity contribution in [2.75, 3.05) is 13.2 Å². The first-order chi connectivity index (χ1) is 7.09. The maximum absolute atomic E-state index is 5.77. The van der Waals surface area contributed by atoms with E-state index in [9.17, 15) is 0 Å². The largest absolute Gasteiger partial charge is 0.376 e. The van der Waals surface area contributed by atoms with Crippen LogP contribution >= 0.6 is 0 Å². The van der Waals surface area contributed by atoms with Crippen LogP contribution in [-0.2, 0) is 4.74 Å². The van der Waals surface area contributed by atoms with Crippen LogP contribution in [0, 0.1) is 5.92 Å². The zero-order valence-electron chi connectivity index (χ0n) is 10.8. The SMILES string of the molecule is CCCNC(CC)C1CCOC(C)(C)C1. The topological polar surface area (TPSA) is 21.3 Å². The van der Waals surface area contributed by atoms with Gasteiger partial charge < -0.3 is 10.1 Å². The first-order valence-corrected chi connectivity index (χ1v) is 6.46. The predicted octanol–water partition coefficient (Wildman–Crippen LogP) is 2.97. The fourth-order valence-corrected chi connectivity index (χ4v) is 2.60. The van der Waals surface area contributed by atoms with Gasteiger partial charge >= 0.3 is 0 Å². The summed E-state index contributed by atoms with van der Waals surface area (Å²) in [5.74, 6) is 0.797. The van der Waals surface area contributed by atoms with Crippen molar-refractivity contribution in [2.24, 2.45) is 5.92 Å². The minimum absolute atomic E-state index is 0.0875. The molecule has 0 aromatic carbocycles. The van der Waals surface area contributed by atoms with Gasteiger partial charge in [-0.25, -0.2) is 0 Å². The van der Waals surface area contributed by atoms with Crippen molar-refractivity contribution in [1.82, 2.24) is 5.32 Å². The van der Waals surface area contributed by atoms with Gasteiger partial charge in [-0.1, -0.05) is 13.8 Å². The summed E-state index contributed by atoms with van der Waals surface area (Å²) in [6.07, 6.45) is 4.88. The molecular formula is C13H27NO. The number of nitrogens with one attached hydrogen (secondary N) is 1. The minimum Gasteiger partial charge on any atom is -0.376 e. The van der Waals surface area contributed by atoms with E-state index in [2.05, 4.69) is 33.0 Å². The Morgan fingerprint density at radius 2 is 2.13 bits per heavy atom. The molecule has 2 unspecified atom stereocenters. The third-order valence-corrected chi connectivity index (χ3v) is 3.40. The van der Waals surface area contributed by atoms with E-state index in [1.807, 2.05) is 0 Å². The Hall–Kier alpha value is -0.0800. The summed E-state index contributed by atoms with van der Waals surface area (Å²) in [4.78, 5) is 0. The third-order valence-electron chi connectivity index (χ3n) is 3.40. The summed E-state index contributed by atoms with van der Waals surface area (Å²) in [6, 6.07) is 0.688. The lowest BCUT2D eigenvalue weighted by molar-refractivity contribution is -0.0784. The van der Waals surface area contributed by atoms with Gasteiger partial charge in [-0.05, 0) is 52.0 Å². The van der Waals surface area contributed by atoms with Crippen LogP contribution < -0.4 is 5.32 Å². The Balaban J connectivity index is 2.44. The standard InChI is InChI=1S/C13H27NO/c1-5-8-14-12(6-2)11-7-9-15-13(3,4)10-11/h11-12,14H,5-10H2,1-4H3. The van der Waals surface area contributed by atoms with Gasteiger partial charge in [-0.3, -0.25) is 0 Å². The fourth-order valence-electron chi connectivity index (χ4n) is 2.60. The Bertz CT molecular complexity index is 179. The number of rotatable bonds is 5. The lowest BCUT2D eigenvalue weighted by atomic mass is 9.82. The molecule has 0 aromatic rings. The third kappa shape index (κ3) is 4.12. The molecule has 1 N–H and O–H groups in total. The van der Waals surface area contributed by atoms with Crippen LogP contribution in [0.5, 0.6) is 0 Å². The molecule has 0 aliphatic carbocycles. The second-order valence-electron chi connectivity index (χ2n) is 5.33. The van der Waals surface area contributed by atoms with Crippen molar-refractivity contribution < 1.29 is 4.74 Å². The lowest BCUT2D eigenvalue weighted by Gasteiger charge is -2.39. The van der Waals surface area contributed by atoms with Gasteiger partial charge in [0.05, 0.1) is 5.60 Å². The van der Waals surface area contributed by atoms with Crippen LogP contribution in [0.15, 0.2) is 0 Å². The molecule has 2 nitrogen and oxygen atoms in total. The maximum Gasteiger partial charge on any atom is 0.0629 e. The molecule has 1 rings (SSSR count). The van der Waals surface area contributed by atoms with E-state index in [4.69, 9.17) is 4.74 Å². The van der Waals surface area contributed by atoms with Crippen LogP contribution in [0.2, 0.25) is 0 Å². The van der Waals surface area contributed by atoms with Gasteiger partial charge in [0.2, 0.25) is 0 Å². The Morgan fingerprint density at radius 3 is 2.67 bits per heavy atom. The molecule has 0 bridgehead atoms. The molecule has 0 radical (unpaired) electrons. The molecule has 0 aromatic heterocycles. The molecule has 2 heteroatoms. The molecule has 1 aliphatic rings. The normalized spacial score (nSPS) is 27.6. The smallest absolute Gasteiger partial charge is 0.0629 e. The van der Waals surface area contributed by atoms with Crippen molar-refractivity contribution in [1.29, 1.82) is 0 Å². The van der Waals surface area contributed by atoms with Crippen molar-refractivity contribution in [3.05, 3.63) is 0 Å². The first-order valence-electron chi connectivity index (χ1n) is 6.46. The molecule has 0 amide bonds. The minimum atomic E-state index is 0.0875. The van der Waals surface area contributed by atoms with Crippen molar-refractivity contribution in [3.63, 3.8) is 0 Å². The summed E-state index contributed by atoms with van der Waals surface area (Å²) >= 11 is 0. The molecule has 90 valence electrons. The fraction of sp³-hybridized carbons (Fsp3) is 1.00. The predicted molar refractivity (Wildman–Crippen MR) is 65.1 cm³/mol. The molecule has 2 atom stereocenters. The zero-order valence-corrected chi connectivity index (χ0v) is 10.8. The van der Waals surface area contributed by atoms with E-state index in [0.717, 1.165) is 19.1 Å². The van der Waals surface area contributed by atoms with Crippen molar-refractivity contribution >= 4 is 0 Å². The number of hydrogen-bond donors (Lipinski definition) is 1. The molecule has 1 saturated heterocycles. The van der Waals surface area contributed by atoms with Gasteiger partial charge in [-0.2, -0.15) is 0 Å². The van der Waals surface area contributed by atoms with E-state index in [1.165, 1.54) is 25.7 Å². The Kier molecular flexibility index (Phi) is 5.07. The van der Waals surface area contributed by atoms with Crippen LogP contribution in [-0.4, -0.2) is 24.8 Å². The van der Waals surface area contributed by atoms with Crippen LogP contribution in [0.4, 0.5) is 0 Å². The monoisotopic (exact) mass is 213 g/mol. The number of hydrogen-bond acceptors (Lipinski definition) is 2. The molecular weight excluding hydrogens is 186 g/mol. The van der Waals surface area contributed by atoms with Crippen LogP contribution in [0.3, 0.4) is 0 Å². The zero-order chi connectivity index (χ0) is 11.3. The van der Waals surface area contributed by atoms with E-state index in [0.29, 0.717) is 6.04 Å². The van der Waals surface area contributed by atoms with Crippen LogP contribution in [0.25, 0.3) is 0 Å². The number of ether oxygens (including phenoxy) is 1. The van der Waals surface area contributed by atoms with Gasteiger partial charge in [0.1, 0.15) is 0 Å². The van der Waals surface area contributed by atoms with Crippen molar-refractivity contribution in [2.45, 2.75) is 65.0 Å². The average Bonchev–Trinajstić information content (AvgIpc) is 2.17. The summed E-state index contributed by atoms with van der Waals surface area (Å²) in [7, 11) is 0. The average molecular weight is 213 g/mol. The Labute approximate surface area is 94.8 Å². The summed E-state index contributed by atoms with van der Waals surface area (Å²) in [6.45, 7) is 11.0. The van der Waals surface area contributed by atoms with E-state index in [1.54, 1.807) is 0 Å². The summed E-state index contributed by atoms with van der Waals surface area (Å²) in [5, 5.41) is 3.67. The molecule has 1 heterocycles. The summed E-state index contributed by atoms with van der Waals surface area (Å²) < 4.78 is 5.77. The highest BCUT2D eigenvalue weighted by Gasteiger charge is 2.32. The van der Waals surface area contributed by atoms with Gasteiger partial charge in [-0.15, -0.1) is 0 Å². The lowest BCUT2D eigenvalue weighted by Crippen LogP contribution is -2.44. The second-order valence-corrected chi connectivity index (χ2v) is 5.33. The Morgan fingerprint density at radius 1 is 1.40 bits per heavy atom. The van der Waals surface area contributed by atoms with Crippen LogP contribution in [0.1, 0.15) is 53.4 Å². The molecule has 1 aliphatic heterocycles. The van der Waals surface area contributed by atoms with E-state index < -0.39 is 0 Å². The molecule has 0 spiro atoms. The molecule has 0 saturated carbocycles.